The molecule has 0 aliphatic heterocycles. The van der Waals surface area contributed by atoms with E-state index in [-0.39, 0.29) is 12.5 Å². The number of halogens is 1. The molecule has 0 saturated heterocycles. The topological polar surface area (TPSA) is 66.4 Å². The molecule has 0 fully saturated rings. The van der Waals surface area contributed by atoms with E-state index in [2.05, 4.69) is 21.2 Å². The molecular formula is C10H10BrNO3. The summed E-state index contributed by atoms with van der Waals surface area (Å²) >= 11 is 3.25. The molecule has 0 bridgehead atoms. The number of aryl methyl sites for hydroxylation is 1. The Labute approximate surface area is 95.4 Å². The number of hydrogen-bond acceptors (Lipinski definition) is 2. The van der Waals surface area contributed by atoms with Gasteiger partial charge in [0.25, 0.3) is 5.91 Å². The molecule has 1 rings (SSSR count). The zero-order chi connectivity index (χ0) is 11.4. The SMILES string of the molecule is Cc1cccc(Br)c1C(=O)NCC(=O)O. The van der Waals surface area contributed by atoms with E-state index in [1.807, 2.05) is 6.07 Å². The first kappa shape index (κ1) is 11.7. The highest BCUT2D eigenvalue weighted by Gasteiger charge is 2.12. The van der Waals surface area contributed by atoms with Crippen molar-refractivity contribution in [1.29, 1.82) is 0 Å². The fourth-order valence-electron chi connectivity index (χ4n) is 1.16. The molecule has 5 heteroatoms. The van der Waals surface area contributed by atoms with E-state index >= 15 is 0 Å². The van der Waals surface area contributed by atoms with Crippen molar-refractivity contribution < 1.29 is 14.7 Å². The second-order valence-corrected chi connectivity index (χ2v) is 3.86. The summed E-state index contributed by atoms with van der Waals surface area (Å²) in [6.45, 7) is 1.42. The third kappa shape index (κ3) is 3.06. The van der Waals surface area contributed by atoms with Gasteiger partial charge in [0.15, 0.2) is 0 Å². The maximum Gasteiger partial charge on any atom is 0.322 e. The van der Waals surface area contributed by atoms with E-state index in [1.165, 1.54) is 0 Å². The lowest BCUT2D eigenvalue weighted by Gasteiger charge is -2.07. The monoisotopic (exact) mass is 271 g/mol. The van der Waals surface area contributed by atoms with Crippen LogP contribution < -0.4 is 5.32 Å². The van der Waals surface area contributed by atoms with E-state index < -0.39 is 5.97 Å². The average molecular weight is 272 g/mol. The van der Waals surface area contributed by atoms with Gasteiger partial charge in [0, 0.05) is 4.47 Å². The highest BCUT2D eigenvalue weighted by atomic mass is 79.9. The van der Waals surface area contributed by atoms with Gasteiger partial charge >= 0.3 is 5.97 Å². The van der Waals surface area contributed by atoms with Gasteiger partial charge in [-0.05, 0) is 34.5 Å². The number of hydrogen-bond donors (Lipinski definition) is 2. The van der Waals surface area contributed by atoms with Crippen molar-refractivity contribution in [1.82, 2.24) is 5.32 Å². The molecule has 1 amide bonds. The minimum atomic E-state index is -1.06. The Kier molecular flexibility index (Phi) is 3.85. The Bertz CT molecular complexity index is 383. The second kappa shape index (κ2) is 4.93. The largest absolute Gasteiger partial charge is 0.480 e. The van der Waals surface area contributed by atoms with Crippen LogP contribution in [0, 0.1) is 6.92 Å². The Hall–Kier alpha value is -1.36. The molecule has 1 aromatic rings. The number of carbonyl (C=O) groups excluding carboxylic acids is 1. The summed E-state index contributed by atoms with van der Waals surface area (Å²) in [6.07, 6.45) is 0. The van der Waals surface area contributed by atoms with Crippen LogP contribution in [0.2, 0.25) is 0 Å². The minimum absolute atomic E-state index is 0.375. The summed E-state index contributed by atoms with van der Waals surface area (Å²) in [6, 6.07) is 5.34. The van der Waals surface area contributed by atoms with Crippen LogP contribution in [0.3, 0.4) is 0 Å². The van der Waals surface area contributed by atoms with Crippen molar-refractivity contribution in [3.05, 3.63) is 33.8 Å². The molecular weight excluding hydrogens is 262 g/mol. The standard InChI is InChI=1S/C10H10BrNO3/c1-6-3-2-4-7(11)9(6)10(15)12-5-8(13)14/h2-4H,5H2,1H3,(H,12,15)(H,13,14). The molecule has 80 valence electrons. The fourth-order valence-corrected chi connectivity index (χ4v) is 1.81. The summed E-state index contributed by atoms with van der Waals surface area (Å²) in [4.78, 5) is 21.9. The summed E-state index contributed by atoms with van der Waals surface area (Å²) in [5, 5.41) is 10.7. The van der Waals surface area contributed by atoms with E-state index in [4.69, 9.17) is 5.11 Å². The van der Waals surface area contributed by atoms with Gasteiger partial charge in [-0.15, -0.1) is 0 Å². The van der Waals surface area contributed by atoms with Crippen molar-refractivity contribution >= 4 is 27.8 Å². The molecule has 0 aromatic heterocycles. The Morgan fingerprint density at radius 3 is 2.67 bits per heavy atom. The number of carboxylic acid groups (broad SMARTS) is 1. The number of aliphatic carboxylic acids is 1. The fraction of sp³-hybridized carbons (Fsp3) is 0.200. The molecule has 0 atom stereocenters. The number of carbonyl (C=O) groups is 2. The Morgan fingerprint density at radius 1 is 1.47 bits per heavy atom. The number of carboxylic acids is 1. The van der Waals surface area contributed by atoms with Crippen LogP contribution in [-0.2, 0) is 4.79 Å². The van der Waals surface area contributed by atoms with Crippen LogP contribution in [0.4, 0.5) is 0 Å². The number of nitrogens with one attached hydrogen (secondary N) is 1. The first-order valence-corrected chi connectivity index (χ1v) is 5.06. The van der Waals surface area contributed by atoms with E-state index in [0.29, 0.717) is 10.0 Å². The number of rotatable bonds is 3. The smallest absolute Gasteiger partial charge is 0.322 e. The van der Waals surface area contributed by atoms with E-state index in [9.17, 15) is 9.59 Å². The van der Waals surface area contributed by atoms with Crippen molar-refractivity contribution in [2.45, 2.75) is 6.92 Å². The molecule has 0 spiro atoms. The molecule has 0 unspecified atom stereocenters. The molecule has 0 radical (unpaired) electrons. The van der Waals surface area contributed by atoms with Crippen LogP contribution in [0.1, 0.15) is 15.9 Å². The first-order chi connectivity index (χ1) is 7.02. The van der Waals surface area contributed by atoms with Crippen LogP contribution in [0.15, 0.2) is 22.7 Å². The van der Waals surface area contributed by atoms with Crippen LogP contribution >= 0.6 is 15.9 Å². The highest BCUT2D eigenvalue weighted by Crippen LogP contribution is 2.19. The summed E-state index contributed by atoms with van der Waals surface area (Å²) < 4.78 is 0.658. The molecule has 0 saturated carbocycles. The lowest BCUT2D eigenvalue weighted by molar-refractivity contribution is -0.135. The van der Waals surface area contributed by atoms with Crippen LogP contribution in [-0.4, -0.2) is 23.5 Å². The quantitative estimate of drug-likeness (QED) is 0.877. The number of amides is 1. The molecule has 0 heterocycles. The van der Waals surface area contributed by atoms with Gasteiger partial charge in [0.1, 0.15) is 6.54 Å². The van der Waals surface area contributed by atoms with Gasteiger partial charge in [-0.2, -0.15) is 0 Å². The molecule has 1 aromatic carbocycles. The third-order valence-corrected chi connectivity index (χ3v) is 2.51. The van der Waals surface area contributed by atoms with Gasteiger partial charge in [-0.1, -0.05) is 12.1 Å². The predicted molar refractivity (Wildman–Crippen MR) is 58.8 cm³/mol. The average Bonchev–Trinajstić information content (AvgIpc) is 2.14. The van der Waals surface area contributed by atoms with Gasteiger partial charge < -0.3 is 10.4 Å². The van der Waals surface area contributed by atoms with Crippen molar-refractivity contribution in [2.24, 2.45) is 0 Å². The van der Waals surface area contributed by atoms with Crippen LogP contribution in [0.25, 0.3) is 0 Å². The highest BCUT2D eigenvalue weighted by molar-refractivity contribution is 9.10. The van der Waals surface area contributed by atoms with Gasteiger partial charge in [-0.25, -0.2) is 0 Å². The normalized spacial score (nSPS) is 9.73. The Morgan fingerprint density at radius 2 is 2.13 bits per heavy atom. The van der Waals surface area contributed by atoms with Crippen molar-refractivity contribution in [3.8, 4) is 0 Å². The number of benzene rings is 1. The summed E-state index contributed by atoms with van der Waals surface area (Å²) in [5.74, 6) is -1.45. The second-order valence-electron chi connectivity index (χ2n) is 3.01. The lowest BCUT2D eigenvalue weighted by atomic mass is 10.1. The van der Waals surface area contributed by atoms with Crippen molar-refractivity contribution in [3.63, 3.8) is 0 Å². The van der Waals surface area contributed by atoms with Gasteiger partial charge in [0.05, 0.1) is 5.56 Å². The maximum absolute atomic E-state index is 11.6. The lowest BCUT2D eigenvalue weighted by Crippen LogP contribution is -2.30. The first-order valence-electron chi connectivity index (χ1n) is 4.27. The molecule has 0 aliphatic carbocycles. The molecule has 4 nitrogen and oxygen atoms in total. The Balaban J connectivity index is 2.86. The van der Waals surface area contributed by atoms with E-state index in [0.717, 1.165) is 5.56 Å². The van der Waals surface area contributed by atoms with Crippen molar-refractivity contribution in [2.75, 3.05) is 6.54 Å². The molecule has 0 aliphatic rings. The molecule has 2 N–H and O–H groups in total. The predicted octanol–water partition coefficient (Wildman–Crippen LogP) is 1.57. The summed E-state index contributed by atoms with van der Waals surface area (Å²) in [5.41, 5.74) is 1.27. The third-order valence-electron chi connectivity index (χ3n) is 1.85. The van der Waals surface area contributed by atoms with Gasteiger partial charge in [-0.3, -0.25) is 9.59 Å². The minimum Gasteiger partial charge on any atom is -0.480 e. The zero-order valence-corrected chi connectivity index (χ0v) is 9.67. The zero-order valence-electron chi connectivity index (χ0n) is 8.08. The van der Waals surface area contributed by atoms with Crippen LogP contribution in [0.5, 0.6) is 0 Å². The molecule has 15 heavy (non-hydrogen) atoms. The maximum atomic E-state index is 11.6. The van der Waals surface area contributed by atoms with E-state index in [1.54, 1.807) is 19.1 Å². The van der Waals surface area contributed by atoms with Gasteiger partial charge in [0.2, 0.25) is 0 Å². The summed E-state index contributed by atoms with van der Waals surface area (Å²) in [7, 11) is 0.